The van der Waals surface area contributed by atoms with Gasteiger partial charge in [0, 0.05) is 57.2 Å². The highest BCUT2D eigenvalue weighted by Crippen LogP contribution is 2.17. The van der Waals surface area contributed by atoms with E-state index in [0.29, 0.717) is 36.9 Å². The van der Waals surface area contributed by atoms with E-state index in [1.54, 1.807) is 4.90 Å². The van der Waals surface area contributed by atoms with E-state index in [-0.39, 0.29) is 11.7 Å². The molecule has 0 saturated carbocycles. The van der Waals surface area contributed by atoms with Crippen LogP contribution < -0.4 is 10.2 Å². The molecule has 1 aliphatic rings. The summed E-state index contributed by atoms with van der Waals surface area (Å²) < 4.78 is 13.0. The number of piperazine rings is 1. The normalized spacial score (nSPS) is 14.0. The van der Waals surface area contributed by atoms with Crippen LogP contribution in [0.2, 0.25) is 0 Å². The first kappa shape index (κ1) is 19.1. The zero-order valence-electron chi connectivity index (χ0n) is 15.5. The minimum atomic E-state index is -0.341. The molecule has 0 atom stereocenters. The molecule has 27 heavy (non-hydrogen) atoms. The number of amides is 1. The third kappa shape index (κ3) is 4.74. The first-order valence-electron chi connectivity index (χ1n) is 8.82. The number of hydrogen-bond donors (Lipinski definition) is 1. The van der Waals surface area contributed by atoms with Crippen LogP contribution in [0.15, 0.2) is 48.5 Å². The average molecular weight is 386 g/mol. The van der Waals surface area contributed by atoms with Crippen molar-refractivity contribution in [2.24, 2.45) is 0 Å². The number of nitrogens with zero attached hydrogens (tertiary/aromatic N) is 3. The van der Waals surface area contributed by atoms with Gasteiger partial charge in [0.25, 0.3) is 5.91 Å². The summed E-state index contributed by atoms with van der Waals surface area (Å²) in [6.45, 7) is 2.48. The number of benzene rings is 2. The van der Waals surface area contributed by atoms with Gasteiger partial charge in [0.1, 0.15) is 5.82 Å². The minimum absolute atomic E-state index is 0.0761. The highest BCUT2D eigenvalue weighted by Gasteiger charge is 2.23. The van der Waals surface area contributed by atoms with Crippen molar-refractivity contribution in [2.75, 3.05) is 50.5 Å². The van der Waals surface area contributed by atoms with Gasteiger partial charge in [-0.2, -0.15) is 0 Å². The maximum atomic E-state index is 13.0. The Morgan fingerprint density at radius 3 is 2.07 bits per heavy atom. The molecule has 2 aromatic carbocycles. The summed E-state index contributed by atoms with van der Waals surface area (Å²) in [5, 5.41) is 3.91. The van der Waals surface area contributed by atoms with E-state index in [2.05, 4.69) is 10.2 Å². The Balaban J connectivity index is 1.53. The smallest absolute Gasteiger partial charge is 0.253 e. The lowest BCUT2D eigenvalue weighted by Gasteiger charge is -2.36. The molecule has 1 aliphatic heterocycles. The van der Waals surface area contributed by atoms with Crippen molar-refractivity contribution >= 4 is 34.6 Å². The molecule has 0 unspecified atom stereocenters. The summed E-state index contributed by atoms with van der Waals surface area (Å²) in [6.07, 6.45) is 0. The summed E-state index contributed by atoms with van der Waals surface area (Å²) in [4.78, 5) is 18.4. The highest BCUT2D eigenvalue weighted by molar-refractivity contribution is 7.80. The van der Waals surface area contributed by atoms with Gasteiger partial charge in [-0.3, -0.25) is 4.79 Å². The van der Waals surface area contributed by atoms with Crippen molar-refractivity contribution in [3.8, 4) is 0 Å². The third-order valence-electron chi connectivity index (χ3n) is 4.58. The summed E-state index contributed by atoms with van der Waals surface area (Å²) in [5.74, 6) is -0.417. The number of halogens is 1. The molecule has 1 amide bonds. The number of nitrogens with one attached hydrogen (secondary N) is 1. The standard InChI is InChI=1S/C20H23FN4OS/c1-23(2)18-9-7-17(8-10-18)22-20(27)25-13-11-24(12-14-25)19(26)15-3-5-16(21)6-4-15/h3-10H,11-14H2,1-2H3,(H,22,27). The van der Waals surface area contributed by atoms with Crippen molar-refractivity contribution in [1.82, 2.24) is 9.80 Å². The lowest BCUT2D eigenvalue weighted by atomic mass is 10.2. The first-order chi connectivity index (χ1) is 12.9. The quantitative estimate of drug-likeness (QED) is 0.821. The van der Waals surface area contributed by atoms with Gasteiger partial charge in [0.15, 0.2) is 5.11 Å². The van der Waals surface area contributed by atoms with Crippen LogP contribution in [0.3, 0.4) is 0 Å². The van der Waals surface area contributed by atoms with Crippen molar-refractivity contribution < 1.29 is 9.18 Å². The summed E-state index contributed by atoms with van der Waals surface area (Å²) in [6, 6.07) is 13.7. The van der Waals surface area contributed by atoms with Crippen LogP contribution >= 0.6 is 12.2 Å². The molecular formula is C20H23FN4OS. The molecule has 0 radical (unpaired) electrons. The van der Waals surface area contributed by atoms with Gasteiger partial charge in [-0.15, -0.1) is 0 Å². The van der Waals surface area contributed by atoms with Gasteiger partial charge in [-0.1, -0.05) is 0 Å². The second-order valence-corrected chi connectivity index (χ2v) is 7.04. The lowest BCUT2D eigenvalue weighted by Crippen LogP contribution is -2.51. The van der Waals surface area contributed by atoms with E-state index in [0.717, 1.165) is 11.4 Å². The number of thiocarbonyl (C=S) groups is 1. The van der Waals surface area contributed by atoms with E-state index in [1.807, 2.05) is 43.3 Å². The Labute approximate surface area is 164 Å². The van der Waals surface area contributed by atoms with Gasteiger partial charge in [0.2, 0.25) is 0 Å². The van der Waals surface area contributed by atoms with Crippen LogP contribution in [0.4, 0.5) is 15.8 Å². The Morgan fingerprint density at radius 1 is 0.963 bits per heavy atom. The molecule has 5 nitrogen and oxygen atoms in total. The zero-order valence-corrected chi connectivity index (χ0v) is 16.3. The summed E-state index contributed by atoms with van der Waals surface area (Å²) in [7, 11) is 4.00. The molecule has 3 rings (SSSR count). The monoisotopic (exact) mass is 386 g/mol. The van der Waals surface area contributed by atoms with E-state index in [1.165, 1.54) is 24.3 Å². The van der Waals surface area contributed by atoms with Crippen LogP contribution in [0.1, 0.15) is 10.4 Å². The summed E-state index contributed by atoms with van der Waals surface area (Å²) >= 11 is 5.51. The molecule has 1 N–H and O–H groups in total. The van der Waals surface area contributed by atoms with Crippen molar-refractivity contribution in [1.29, 1.82) is 0 Å². The van der Waals surface area contributed by atoms with E-state index in [9.17, 15) is 9.18 Å². The van der Waals surface area contributed by atoms with Gasteiger partial charge >= 0.3 is 0 Å². The van der Waals surface area contributed by atoms with Gasteiger partial charge < -0.3 is 20.0 Å². The summed E-state index contributed by atoms with van der Waals surface area (Å²) in [5.41, 5.74) is 2.57. The second kappa shape index (κ2) is 8.35. The molecule has 0 spiro atoms. The largest absolute Gasteiger partial charge is 0.378 e. The molecule has 142 valence electrons. The minimum Gasteiger partial charge on any atom is -0.378 e. The molecule has 1 fully saturated rings. The number of anilines is 2. The van der Waals surface area contributed by atoms with Gasteiger partial charge in [-0.25, -0.2) is 4.39 Å². The Bertz CT molecular complexity index is 800. The van der Waals surface area contributed by atoms with Crippen molar-refractivity contribution in [3.05, 3.63) is 59.9 Å². The Hall–Kier alpha value is -2.67. The maximum Gasteiger partial charge on any atom is 0.253 e. The van der Waals surface area contributed by atoms with E-state index < -0.39 is 0 Å². The fraction of sp³-hybridized carbons (Fsp3) is 0.300. The molecule has 2 aromatic rings. The number of carbonyl (C=O) groups is 1. The van der Waals surface area contributed by atoms with Gasteiger partial charge in [0.05, 0.1) is 0 Å². The Kier molecular flexibility index (Phi) is 5.91. The number of rotatable bonds is 3. The van der Waals surface area contributed by atoms with Crippen LogP contribution in [0.25, 0.3) is 0 Å². The molecule has 1 heterocycles. The highest BCUT2D eigenvalue weighted by atomic mass is 32.1. The topological polar surface area (TPSA) is 38.8 Å². The number of hydrogen-bond acceptors (Lipinski definition) is 3. The SMILES string of the molecule is CN(C)c1ccc(NC(=S)N2CCN(C(=O)c3ccc(F)cc3)CC2)cc1. The lowest BCUT2D eigenvalue weighted by molar-refractivity contribution is 0.0693. The van der Waals surface area contributed by atoms with Crippen molar-refractivity contribution in [2.45, 2.75) is 0 Å². The van der Waals surface area contributed by atoms with Crippen LogP contribution in [0, 0.1) is 5.82 Å². The average Bonchev–Trinajstić information content (AvgIpc) is 2.68. The molecule has 0 aromatic heterocycles. The first-order valence-corrected chi connectivity index (χ1v) is 9.23. The third-order valence-corrected chi connectivity index (χ3v) is 4.94. The fourth-order valence-electron chi connectivity index (χ4n) is 2.93. The molecule has 0 aliphatic carbocycles. The van der Waals surface area contributed by atoms with Crippen LogP contribution in [0.5, 0.6) is 0 Å². The molecule has 1 saturated heterocycles. The predicted octanol–water partition coefficient (Wildman–Crippen LogP) is 3.05. The molecular weight excluding hydrogens is 363 g/mol. The van der Waals surface area contributed by atoms with Crippen molar-refractivity contribution in [3.63, 3.8) is 0 Å². The van der Waals surface area contributed by atoms with E-state index >= 15 is 0 Å². The van der Waals surface area contributed by atoms with Gasteiger partial charge in [-0.05, 0) is 60.7 Å². The maximum absolute atomic E-state index is 13.0. The fourth-order valence-corrected chi connectivity index (χ4v) is 3.23. The zero-order chi connectivity index (χ0) is 19.4. The second-order valence-electron chi connectivity index (χ2n) is 6.66. The van der Waals surface area contributed by atoms with Crippen LogP contribution in [-0.2, 0) is 0 Å². The predicted molar refractivity (Wildman–Crippen MR) is 111 cm³/mol. The van der Waals surface area contributed by atoms with E-state index in [4.69, 9.17) is 12.2 Å². The molecule has 0 bridgehead atoms. The van der Waals surface area contributed by atoms with Crippen LogP contribution in [-0.4, -0.2) is 61.1 Å². The Morgan fingerprint density at radius 2 is 1.52 bits per heavy atom. The molecule has 7 heteroatoms. The number of carbonyl (C=O) groups excluding carboxylic acids is 1.